The van der Waals surface area contributed by atoms with Crippen molar-refractivity contribution < 1.29 is 29.1 Å². The van der Waals surface area contributed by atoms with Crippen LogP contribution in [0.1, 0.15) is 31.2 Å². The Bertz CT molecular complexity index is 825. The summed E-state index contributed by atoms with van der Waals surface area (Å²) in [6.07, 6.45) is 1.29. The second-order valence-electron chi connectivity index (χ2n) is 7.58. The molecule has 0 aromatic heterocycles. The van der Waals surface area contributed by atoms with Crippen molar-refractivity contribution in [1.82, 2.24) is 21.3 Å². The first-order valence-electron chi connectivity index (χ1n) is 10.4. The number of nitrogens with one attached hydrogen (secondary N) is 4. The molecule has 1 aromatic carbocycles. The lowest BCUT2D eigenvalue weighted by Crippen LogP contribution is -2.54. The first kappa shape index (κ1) is 24.8. The number of hydrogen-bond donors (Lipinski definition) is 6. The molecule has 0 spiro atoms. The van der Waals surface area contributed by atoms with Crippen molar-refractivity contribution in [2.75, 3.05) is 13.1 Å². The second kappa shape index (κ2) is 12.4. The molecule has 0 saturated carbocycles. The lowest BCUT2D eigenvalue weighted by atomic mass is 10.0. The van der Waals surface area contributed by atoms with Gasteiger partial charge in [0.15, 0.2) is 0 Å². The molecular weight excluding hydrogens is 418 g/mol. The number of rotatable bonds is 12. The number of hydrogen-bond acceptors (Lipinski definition) is 6. The van der Waals surface area contributed by atoms with E-state index in [0.29, 0.717) is 12.0 Å². The van der Waals surface area contributed by atoms with Gasteiger partial charge in [-0.3, -0.25) is 19.2 Å². The molecule has 4 amide bonds. The van der Waals surface area contributed by atoms with E-state index in [1.165, 1.54) is 0 Å². The van der Waals surface area contributed by atoms with Crippen molar-refractivity contribution in [3.05, 3.63) is 35.9 Å². The standard InChI is InChI=1S/C21H29N5O6/c22-17(27)9-8-15(25-18(28)12-24-19(29)14-7-4-10-23-14)20(30)26-16(21(31)32)11-13-5-2-1-3-6-13/h1-3,5-6,14-16,23H,4,7-12H2,(H2,22,27)(H,24,29)(H,25,28)(H,26,30)(H,31,32). The van der Waals surface area contributed by atoms with Crippen molar-refractivity contribution in [1.29, 1.82) is 0 Å². The normalized spacial score (nSPS) is 17.1. The molecule has 0 aliphatic carbocycles. The Labute approximate surface area is 185 Å². The van der Waals surface area contributed by atoms with E-state index in [2.05, 4.69) is 21.3 Å². The van der Waals surface area contributed by atoms with Gasteiger partial charge < -0.3 is 32.1 Å². The predicted molar refractivity (Wildman–Crippen MR) is 114 cm³/mol. The van der Waals surface area contributed by atoms with E-state index < -0.39 is 35.8 Å². The Morgan fingerprint density at radius 2 is 1.81 bits per heavy atom. The minimum absolute atomic E-state index is 0.0445. The van der Waals surface area contributed by atoms with Crippen LogP contribution in [0.2, 0.25) is 0 Å². The van der Waals surface area contributed by atoms with Gasteiger partial charge >= 0.3 is 5.97 Å². The van der Waals surface area contributed by atoms with Gasteiger partial charge in [0.1, 0.15) is 12.1 Å². The molecule has 2 rings (SSSR count). The van der Waals surface area contributed by atoms with Crippen LogP contribution in [0, 0.1) is 0 Å². The molecule has 3 unspecified atom stereocenters. The summed E-state index contributed by atoms with van der Waals surface area (Å²) in [6, 6.07) is 5.98. The number of carbonyl (C=O) groups is 5. The number of benzene rings is 1. The van der Waals surface area contributed by atoms with E-state index in [1.807, 2.05) is 0 Å². The monoisotopic (exact) mass is 447 g/mol. The molecule has 11 nitrogen and oxygen atoms in total. The van der Waals surface area contributed by atoms with Crippen LogP contribution in [0.5, 0.6) is 0 Å². The SMILES string of the molecule is NC(=O)CCC(NC(=O)CNC(=O)C1CCCN1)C(=O)NC(Cc1ccccc1)C(=O)O. The summed E-state index contributed by atoms with van der Waals surface area (Å²) in [6.45, 7) is 0.372. The highest BCUT2D eigenvalue weighted by Gasteiger charge is 2.28. The third kappa shape index (κ3) is 8.34. The predicted octanol–water partition coefficient (Wildman–Crippen LogP) is -1.58. The molecule has 1 aliphatic rings. The van der Waals surface area contributed by atoms with E-state index in [-0.39, 0.29) is 37.8 Å². The number of aliphatic carboxylic acids is 1. The maximum atomic E-state index is 12.7. The maximum Gasteiger partial charge on any atom is 0.326 e. The van der Waals surface area contributed by atoms with Gasteiger partial charge in [-0.1, -0.05) is 30.3 Å². The van der Waals surface area contributed by atoms with Gasteiger partial charge in [-0.15, -0.1) is 0 Å². The highest BCUT2D eigenvalue weighted by atomic mass is 16.4. The van der Waals surface area contributed by atoms with Gasteiger partial charge in [0.25, 0.3) is 0 Å². The molecule has 1 aliphatic heterocycles. The van der Waals surface area contributed by atoms with Crippen LogP contribution in [-0.2, 0) is 30.4 Å². The van der Waals surface area contributed by atoms with Gasteiger partial charge in [-0.2, -0.15) is 0 Å². The zero-order chi connectivity index (χ0) is 23.5. The highest BCUT2D eigenvalue weighted by molar-refractivity contribution is 5.93. The van der Waals surface area contributed by atoms with Crippen LogP contribution >= 0.6 is 0 Å². The largest absolute Gasteiger partial charge is 0.480 e. The fraction of sp³-hybridized carbons (Fsp3) is 0.476. The topological polar surface area (TPSA) is 180 Å². The van der Waals surface area contributed by atoms with Gasteiger partial charge in [-0.25, -0.2) is 4.79 Å². The second-order valence-corrected chi connectivity index (χ2v) is 7.58. The Kier molecular flexibility index (Phi) is 9.61. The molecule has 174 valence electrons. The zero-order valence-corrected chi connectivity index (χ0v) is 17.6. The summed E-state index contributed by atoms with van der Waals surface area (Å²) in [7, 11) is 0. The number of carbonyl (C=O) groups excluding carboxylic acids is 4. The van der Waals surface area contributed by atoms with Crippen molar-refractivity contribution in [3.8, 4) is 0 Å². The van der Waals surface area contributed by atoms with E-state index in [1.54, 1.807) is 30.3 Å². The first-order chi connectivity index (χ1) is 15.3. The molecule has 32 heavy (non-hydrogen) atoms. The summed E-state index contributed by atoms with van der Waals surface area (Å²) >= 11 is 0. The molecule has 1 aromatic rings. The highest BCUT2D eigenvalue weighted by Crippen LogP contribution is 2.06. The minimum atomic E-state index is -1.24. The molecule has 3 atom stereocenters. The van der Waals surface area contributed by atoms with Crippen LogP contribution in [0.25, 0.3) is 0 Å². The van der Waals surface area contributed by atoms with Crippen molar-refractivity contribution >= 4 is 29.6 Å². The molecule has 7 N–H and O–H groups in total. The molecule has 0 radical (unpaired) electrons. The third-order valence-electron chi connectivity index (χ3n) is 5.03. The third-order valence-corrected chi connectivity index (χ3v) is 5.03. The number of primary amides is 1. The minimum Gasteiger partial charge on any atom is -0.480 e. The Hall–Kier alpha value is -3.47. The average Bonchev–Trinajstić information content (AvgIpc) is 3.30. The van der Waals surface area contributed by atoms with E-state index in [9.17, 15) is 29.1 Å². The fourth-order valence-electron chi connectivity index (χ4n) is 3.32. The smallest absolute Gasteiger partial charge is 0.326 e. The van der Waals surface area contributed by atoms with Crippen molar-refractivity contribution in [2.24, 2.45) is 5.73 Å². The first-order valence-corrected chi connectivity index (χ1v) is 10.4. The van der Waals surface area contributed by atoms with Crippen LogP contribution in [-0.4, -0.2) is 65.9 Å². The van der Waals surface area contributed by atoms with Crippen molar-refractivity contribution in [3.63, 3.8) is 0 Å². The molecular formula is C21H29N5O6. The Morgan fingerprint density at radius 3 is 2.41 bits per heavy atom. The van der Waals surface area contributed by atoms with Crippen molar-refractivity contribution in [2.45, 2.75) is 50.2 Å². The number of nitrogens with two attached hydrogens (primary N) is 1. The van der Waals surface area contributed by atoms with Gasteiger partial charge in [-0.05, 0) is 31.4 Å². The summed E-state index contributed by atoms with van der Waals surface area (Å²) in [4.78, 5) is 59.8. The summed E-state index contributed by atoms with van der Waals surface area (Å²) in [5.74, 6) is -3.62. The average molecular weight is 447 g/mol. The van der Waals surface area contributed by atoms with E-state index >= 15 is 0 Å². The summed E-state index contributed by atoms with van der Waals surface area (Å²) < 4.78 is 0. The van der Waals surface area contributed by atoms with Crippen LogP contribution in [0.15, 0.2) is 30.3 Å². The van der Waals surface area contributed by atoms with Gasteiger partial charge in [0.2, 0.25) is 23.6 Å². The van der Waals surface area contributed by atoms with Gasteiger partial charge in [0.05, 0.1) is 12.6 Å². The molecule has 11 heteroatoms. The maximum absolute atomic E-state index is 12.7. The van der Waals surface area contributed by atoms with Crippen LogP contribution in [0.4, 0.5) is 0 Å². The van der Waals surface area contributed by atoms with E-state index in [4.69, 9.17) is 5.73 Å². The quantitative estimate of drug-likeness (QED) is 0.224. The summed E-state index contributed by atoms with van der Waals surface area (Å²) in [5, 5.41) is 19.8. The number of carboxylic acids is 1. The number of carboxylic acid groups (broad SMARTS) is 1. The van der Waals surface area contributed by atoms with Gasteiger partial charge in [0, 0.05) is 12.8 Å². The van der Waals surface area contributed by atoms with Crippen LogP contribution in [0.3, 0.4) is 0 Å². The number of amides is 4. The lowest BCUT2D eigenvalue weighted by molar-refractivity contribution is -0.142. The molecule has 1 fully saturated rings. The fourth-order valence-corrected chi connectivity index (χ4v) is 3.32. The zero-order valence-electron chi connectivity index (χ0n) is 17.6. The Balaban J connectivity index is 1.96. The lowest BCUT2D eigenvalue weighted by Gasteiger charge is -2.21. The Morgan fingerprint density at radius 1 is 1.09 bits per heavy atom. The van der Waals surface area contributed by atoms with E-state index in [0.717, 1.165) is 13.0 Å². The molecule has 1 saturated heterocycles. The van der Waals surface area contributed by atoms with Crippen LogP contribution < -0.4 is 27.0 Å². The summed E-state index contributed by atoms with van der Waals surface area (Å²) in [5.41, 5.74) is 5.86. The molecule has 1 heterocycles. The molecule has 0 bridgehead atoms.